The Morgan fingerprint density at radius 1 is 1.25 bits per heavy atom. The van der Waals surface area contributed by atoms with E-state index in [2.05, 4.69) is 10.3 Å². The number of aryl methyl sites for hydroxylation is 1. The Bertz CT molecular complexity index is 1300. The molecule has 1 saturated heterocycles. The number of likely N-dealkylation sites (tertiary alicyclic amines) is 1. The molecule has 3 aromatic rings. The van der Waals surface area contributed by atoms with E-state index >= 15 is 0 Å². The normalized spacial score (nSPS) is 18.9. The minimum atomic E-state index is -4.53. The van der Waals surface area contributed by atoms with Gasteiger partial charge in [0.15, 0.2) is 11.8 Å². The Balaban J connectivity index is 1.16. The topological polar surface area (TPSA) is 72.6 Å². The molecule has 0 spiro atoms. The molecule has 2 aliphatic rings. The van der Waals surface area contributed by atoms with E-state index in [0.717, 1.165) is 45.6 Å². The summed E-state index contributed by atoms with van der Waals surface area (Å²) in [5, 5.41) is 11.4. The van der Waals surface area contributed by atoms with Crippen LogP contribution >= 0.6 is 22.9 Å². The van der Waals surface area contributed by atoms with Crippen LogP contribution in [0.4, 0.5) is 13.2 Å². The molecule has 2 aromatic heterocycles. The zero-order chi connectivity index (χ0) is 25.4. The summed E-state index contributed by atoms with van der Waals surface area (Å²) < 4.78 is 39.8. The third-order valence-corrected chi connectivity index (χ3v) is 7.84. The van der Waals surface area contributed by atoms with Gasteiger partial charge in [0.2, 0.25) is 5.91 Å². The maximum absolute atomic E-state index is 12.9. The molecule has 0 aliphatic carbocycles. The molecular formula is C24H23ClF3N5O2S. The van der Waals surface area contributed by atoms with Crippen LogP contribution in [0.15, 0.2) is 40.9 Å². The van der Waals surface area contributed by atoms with E-state index in [0.29, 0.717) is 30.2 Å². The van der Waals surface area contributed by atoms with Crippen molar-refractivity contribution >= 4 is 34.6 Å². The number of carbonyl (C=O) groups is 1. The summed E-state index contributed by atoms with van der Waals surface area (Å²) in [7, 11) is 0. The number of halogens is 4. The molecule has 0 saturated carbocycles. The fraction of sp³-hybridized carbons (Fsp3) is 0.417. The standard InChI is InChI=1S/C24H23ClF3N5O2S/c1-14-10-21(24(26,27)28)30-33(14)12-22(34)32-8-6-15(7-9-32)23-29-19(13-36-23)18-11-20(35-31-18)16-4-2-3-5-17(16)25/h2-5,10,13,15,20H,6-9,11-12H2,1H3/t20-/m0/s1. The molecule has 12 heteroatoms. The third kappa shape index (κ3) is 5.12. The van der Waals surface area contributed by atoms with Gasteiger partial charge in [-0.2, -0.15) is 18.3 Å². The summed E-state index contributed by atoms with van der Waals surface area (Å²) in [5.41, 5.74) is 1.78. The lowest BCUT2D eigenvalue weighted by atomic mass is 9.97. The minimum Gasteiger partial charge on any atom is -0.387 e. The molecule has 36 heavy (non-hydrogen) atoms. The Morgan fingerprint density at radius 3 is 2.69 bits per heavy atom. The zero-order valence-electron chi connectivity index (χ0n) is 19.3. The first-order valence-electron chi connectivity index (χ1n) is 11.5. The highest BCUT2D eigenvalue weighted by molar-refractivity contribution is 7.10. The summed E-state index contributed by atoms with van der Waals surface area (Å²) in [5.74, 6) is -0.0327. The fourth-order valence-corrected chi connectivity index (χ4v) is 5.71. The number of amides is 1. The van der Waals surface area contributed by atoms with Gasteiger partial charge in [-0.25, -0.2) is 4.98 Å². The van der Waals surface area contributed by atoms with Crippen molar-refractivity contribution in [3.8, 4) is 0 Å². The van der Waals surface area contributed by atoms with Crippen LogP contribution in [0.1, 0.15) is 58.9 Å². The third-order valence-electron chi connectivity index (χ3n) is 6.49. The maximum Gasteiger partial charge on any atom is 0.435 e. The molecule has 7 nitrogen and oxygen atoms in total. The predicted octanol–water partition coefficient (Wildman–Crippen LogP) is 5.59. The molecule has 0 N–H and O–H groups in total. The van der Waals surface area contributed by atoms with Crippen LogP contribution in [0.5, 0.6) is 0 Å². The summed E-state index contributed by atoms with van der Waals surface area (Å²) in [4.78, 5) is 24.8. The largest absolute Gasteiger partial charge is 0.435 e. The first-order valence-corrected chi connectivity index (χ1v) is 12.8. The van der Waals surface area contributed by atoms with Gasteiger partial charge in [0.05, 0.1) is 10.7 Å². The lowest BCUT2D eigenvalue weighted by Crippen LogP contribution is -2.40. The Morgan fingerprint density at radius 2 is 2.00 bits per heavy atom. The minimum absolute atomic E-state index is 0.207. The van der Waals surface area contributed by atoms with Gasteiger partial charge in [-0.05, 0) is 31.9 Å². The summed E-state index contributed by atoms with van der Waals surface area (Å²) in [6.07, 6.45) is -2.72. The van der Waals surface area contributed by atoms with Crippen molar-refractivity contribution in [2.24, 2.45) is 5.16 Å². The van der Waals surface area contributed by atoms with Gasteiger partial charge in [-0.3, -0.25) is 9.48 Å². The van der Waals surface area contributed by atoms with Gasteiger partial charge in [-0.1, -0.05) is 35.0 Å². The van der Waals surface area contributed by atoms with Gasteiger partial charge in [0.1, 0.15) is 12.3 Å². The highest BCUT2D eigenvalue weighted by Crippen LogP contribution is 2.36. The quantitative estimate of drug-likeness (QED) is 0.425. The number of benzene rings is 1. The van der Waals surface area contributed by atoms with E-state index in [4.69, 9.17) is 21.4 Å². The number of rotatable bonds is 5. The highest BCUT2D eigenvalue weighted by atomic mass is 35.5. The van der Waals surface area contributed by atoms with E-state index in [1.54, 1.807) is 16.2 Å². The second-order valence-corrected chi connectivity index (χ2v) is 10.2. The smallest absolute Gasteiger partial charge is 0.387 e. The molecule has 1 fully saturated rings. The Labute approximate surface area is 214 Å². The molecule has 0 unspecified atom stereocenters. The number of thiazole rings is 1. The van der Waals surface area contributed by atoms with Crippen LogP contribution in [0, 0.1) is 6.92 Å². The Kier molecular flexibility index (Phi) is 6.78. The lowest BCUT2D eigenvalue weighted by molar-refractivity contribution is -0.142. The van der Waals surface area contributed by atoms with Crippen LogP contribution in [0.2, 0.25) is 5.02 Å². The molecule has 0 bridgehead atoms. The van der Waals surface area contributed by atoms with E-state index in [9.17, 15) is 18.0 Å². The number of carbonyl (C=O) groups excluding carboxylic acids is 1. The first-order chi connectivity index (χ1) is 17.2. The number of hydrogen-bond donors (Lipinski definition) is 0. The van der Waals surface area contributed by atoms with Gasteiger partial charge in [-0.15, -0.1) is 11.3 Å². The van der Waals surface area contributed by atoms with Crippen molar-refractivity contribution in [1.82, 2.24) is 19.7 Å². The number of alkyl halides is 3. The van der Waals surface area contributed by atoms with Crippen LogP contribution in [0.25, 0.3) is 0 Å². The molecule has 4 heterocycles. The average molecular weight is 538 g/mol. The molecule has 2 aliphatic heterocycles. The van der Waals surface area contributed by atoms with E-state index in [1.165, 1.54) is 6.92 Å². The average Bonchev–Trinajstić information content (AvgIpc) is 3.59. The van der Waals surface area contributed by atoms with Crippen LogP contribution < -0.4 is 0 Å². The molecule has 1 amide bonds. The molecule has 0 radical (unpaired) electrons. The van der Waals surface area contributed by atoms with E-state index < -0.39 is 11.9 Å². The summed E-state index contributed by atoms with van der Waals surface area (Å²) >= 11 is 7.85. The second kappa shape index (κ2) is 9.85. The zero-order valence-corrected chi connectivity index (χ0v) is 20.9. The SMILES string of the molecule is Cc1cc(C(F)(F)F)nn1CC(=O)N1CCC(c2nc(C3=NO[C@H](c4ccccc4Cl)C3)cs2)CC1. The number of piperidine rings is 1. The molecule has 5 rings (SSSR count). The fourth-order valence-electron chi connectivity index (χ4n) is 4.45. The Hall–Kier alpha value is -2.92. The first kappa shape index (κ1) is 24.8. The monoisotopic (exact) mass is 537 g/mol. The predicted molar refractivity (Wildman–Crippen MR) is 129 cm³/mol. The molecule has 190 valence electrons. The molecule has 1 atom stereocenters. The number of hydrogen-bond acceptors (Lipinski definition) is 6. The number of oxime groups is 1. The van der Waals surface area contributed by atoms with E-state index in [-0.39, 0.29) is 24.5 Å². The van der Waals surface area contributed by atoms with Gasteiger partial charge >= 0.3 is 6.18 Å². The number of aromatic nitrogens is 3. The summed E-state index contributed by atoms with van der Waals surface area (Å²) in [6, 6.07) is 8.49. The van der Waals surface area contributed by atoms with Crippen molar-refractivity contribution in [2.45, 2.75) is 50.9 Å². The number of nitrogens with zero attached hydrogens (tertiary/aromatic N) is 5. The van der Waals surface area contributed by atoms with Crippen LogP contribution in [-0.4, -0.2) is 44.4 Å². The van der Waals surface area contributed by atoms with Gasteiger partial charge in [0.25, 0.3) is 0 Å². The highest BCUT2D eigenvalue weighted by Gasteiger charge is 2.35. The summed E-state index contributed by atoms with van der Waals surface area (Å²) in [6.45, 7) is 2.34. The lowest BCUT2D eigenvalue weighted by Gasteiger charge is -2.31. The molecular weight excluding hydrogens is 515 g/mol. The second-order valence-electron chi connectivity index (χ2n) is 8.91. The van der Waals surface area contributed by atoms with Crippen molar-refractivity contribution in [3.05, 3.63) is 68.4 Å². The van der Waals surface area contributed by atoms with Crippen molar-refractivity contribution in [1.29, 1.82) is 0 Å². The van der Waals surface area contributed by atoms with Crippen LogP contribution in [-0.2, 0) is 22.4 Å². The van der Waals surface area contributed by atoms with Gasteiger partial charge in [0, 0.05) is 47.1 Å². The van der Waals surface area contributed by atoms with Crippen molar-refractivity contribution in [3.63, 3.8) is 0 Å². The maximum atomic E-state index is 12.9. The molecule has 1 aromatic carbocycles. The van der Waals surface area contributed by atoms with Crippen molar-refractivity contribution < 1.29 is 22.8 Å². The van der Waals surface area contributed by atoms with E-state index in [1.807, 2.05) is 29.6 Å². The van der Waals surface area contributed by atoms with Crippen molar-refractivity contribution in [2.75, 3.05) is 13.1 Å². The van der Waals surface area contributed by atoms with Gasteiger partial charge < -0.3 is 9.74 Å². The van der Waals surface area contributed by atoms with Crippen LogP contribution in [0.3, 0.4) is 0 Å².